The van der Waals surface area contributed by atoms with Gasteiger partial charge in [-0.25, -0.2) is 8.42 Å². The highest BCUT2D eigenvalue weighted by Crippen LogP contribution is 2.45. The molecule has 222 valence electrons. The summed E-state index contributed by atoms with van der Waals surface area (Å²) in [6, 6.07) is 18.5. The first-order valence-electron chi connectivity index (χ1n) is 15.5. The van der Waals surface area contributed by atoms with E-state index in [-0.39, 0.29) is 11.3 Å². The molecule has 6 rings (SSSR count). The molecule has 7 nitrogen and oxygen atoms in total. The van der Waals surface area contributed by atoms with E-state index in [0.29, 0.717) is 35.2 Å². The molecule has 2 aromatic rings. The number of benzene rings is 2. The summed E-state index contributed by atoms with van der Waals surface area (Å²) in [5, 5.41) is 3.73. The average Bonchev–Trinajstić information content (AvgIpc) is 3.59. The summed E-state index contributed by atoms with van der Waals surface area (Å²) >= 11 is 0. The fourth-order valence-corrected chi connectivity index (χ4v) is 8.57. The van der Waals surface area contributed by atoms with Crippen molar-refractivity contribution in [1.29, 1.82) is 0 Å². The van der Waals surface area contributed by atoms with Gasteiger partial charge in [0.05, 0.1) is 10.3 Å². The molecular weight excluding hydrogens is 534 g/mol. The minimum absolute atomic E-state index is 0.251. The minimum Gasteiger partial charge on any atom is -0.381 e. The number of likely N-dealkylation sites (tertiary alicyclic amines) is 2. The van der Waals surface area contributed by atoms with Gasteiger partial charge in [0.25, 0.3) is 0 Å². The Bertz CT molecular complexity index is 1290. The molecule has 4 saturated heterocycles. The van der Waals surface area contributed by atoms with Gasteiger partial charge in [-0.2, -0.15) is 0 Å². The van der Waals surface area contributed by atoms with E-state index in [1.807, 2.05) is 17.0 Å². The normalized spacial score (nSPS) is 26.6. The van der Waals surface area contributed by atoms with E-state index in [2.05, 4.69) is 40.5 Å². The van der Waals surface area contributed by atoms with Gasteiger partial charge in [0.2, 0.25) is 5.91 Å². The van der Waals surface area contributed by atoms with Crippen LogP contribution in [0.5, 0.6) is 0 Å². The van der Waals surface area contributed by atoms with E-state index in [1.165, 1.54) is 18.2 Å². The van der Waals surface area contributed by atoms with Crippen LogP contribution in [-0.2, 0) is 25.9 Å². The van der Waals surface area contributed by atoms with Crippen LogP contribution in [0.4, 0.5) is 0 Å². The molecule has 4 aliphatic rings. The third-order valence-electron chi connectivity index (χ3n) is 10.4. The van der Waals surface area contributed by atoms with E-state index in [1.54, 1.807) is 12.1 Å². The van der Waals surface area contributed by atoms with E-state index >= 15 is 0 Å². The van der Waals surface area contributed by atoms with Crippen molar-refractivity contribution in [1.82, 2.24) is 15.1 Å². The molecule has 0 bridgehead atoms. The first kappa shape index (κ1) is 28.8. The second-order valence-corrected chi connectivity index (χ2v) is 14.9. The molecule has 1 unspecified atom stereocenters. The average molecular weight is 580 g/mol. The van der Waals surface area contributed by atoms with Crippen LogP contribution >= 0.6 is 0 Å². The first-order valence-corrected chi connectivity index (χ1v) is 17.4. The third kappa shape index (κ3) is 6.26. The molecule has 1 N–H and O–H groups in total. The number of amides is 1. The fraction of sp³-hybridized carbons (Fsp3) is 0.606. The van der Waals surface area contributed by atoms with Gasteiger partial charge in [-0.05, 0) is 86.7 Å². The summed E-state index contributed by atoms with van der Waals surface area (Å²) < 4.78 is 29.3. The zero-order valence-electron chi connectivity index (χ0n) is 24.3. The Labute approximate surface area is 245 Å². The van der Waals surface area contributed by atoms with Crippen molar-refractivity contribution >= 4 is 15.7 Å². The van der Waals surface area contributed by atoms with Crippen molar-refractivity contribution < 1.29 is 17.9 Å². The van der Waals surface area contributed by atoms with Crippen LogP contribution in [0.25, 0.3) is 0 Å². The van der Waals surface area contributed by atoms with Crippen LogP contribution in [0.3, 0.4) is 0 Å². The summed E-state index contributed by atoms with van der Waals surface area (Å²) in [6.07, 6.45) is 7.53. The fourth-order valence-electron chi connectivity index (χ4n) is 7.94. The van der Waals surface area contributed by atoms with Crippen molar-refractivity contribution in [3.63, 3.8) is 0 Å². The molecule has 3 atom stereocenters. The largest absolute Gasteiger partial charge is 0.381 e. The number of piperidine rings is 1. The molecule has 1 spiro atoms. The summed E-state index contributed by atoms with van der Waals surface area (Å²) in [7, 11) is -3.22. The lowest BCUT2D eigenvalue weighted by Crippen LogP contribution is -2.51. The molecule has 1 amide bonds. The second-order valence-electron chi connectivity index (χ2n) is 12.9. The van der Waals surface area contributed by atoms with E-state index < -0.39 is 9.84 Å². The Hall–Kier alpha value is -2.26. The number of nitrogens with zero attached hydrogens (tertiary/aromatic N) is 2. The second kappa shape index (κ2) is 12.2. The van der Waals surface area contributed by atoms with Gasteiger partial charge in [0.1, 0.15) is 0 Å². The number of carbonyl (C=O) groups excluding carboxylic acids is 1. The van der Waals surface area contributed by atoms with Crippen LogP contribution in [0.15, 0.2) is 59.5 Å². The maximum atomic E-state index is 13.8. The van der Waals surface area contributed by atoms with Crippen molar-refractivity contribution in [3.8, 4) is 0 Å². The standard InChI is InChI=1S/C33H45N3O4S/c1-41(38,39)28-9-7-26(8-10-28)24-36-18-15-33(32(36)37)13-16-35(17-14-33)31(21-25-11-19-40-20-12-25)30-23-34-22-29(30)27-5-3-2-4-6-27/h2-10,25,29-31,34H,11-24H2,1H3/t29-,30-,31?/m1/s1. The predicted molar refractivity (Wildman–Crippen MR) is 160 cm³/mol. The number of nitrogens with one attached hydrogen (secondary N) is 1. The molecule has 4 fully saturated rings. The van der Waals surface area contributed by atoms with Gasteiger partial charge in [0.15, 0.2) is 9.84 Å². The van der Waals surface area contributed by atoms with Crippen LogP contribution in [-0.4, -0.2) is 82.4 Å². The van der Waals surface area contributed by atoms with Gasteiger partial charge in [-0.15, -0.1) is 0 Å². The first-order chi connectivity index (χ1) is 19.8. The highest BCUT2D eigenvalue weighted by atomic mass is 32.2. The summed E-state index contributed by atoms with van der Waals surface area (Å²) in [5.41, 5.74) is 2.18. The van der Waals surface area contributed by atoms with Crippen LogP contribution < -0.4 is 5.32 Å². The third-order valence-corrected chi connectivity index (χ3v) is 11.6. The molecule has 0 saturated carbocycles. The zero-order valence-corrected chi connectivity index (χ0v) is 25.2. The number of rotatable bonds is 8. The van der Waals surface area contributed by atoms with Gasteiger partial charge in [0, 0.05) is 57.6 Å². The highest BCUT2D eigenvalue weighted by molar-refractivity contribution is 7.90. The number of sulfone groups is 1. The van der Waals surface area contributed by atoms with Gasteiger partial charge < -0.3 is 15.0 Å². The van der Waals surface area contributed by atoms with Gasteiger partial charge in [-0.1, -0.05) is 42.5 Å². The summed E-state index contributed by atoms with van der Waals surface area (Å²) in [4.78, 5) is 18.8. The lowest BCUT2D eigenvalue weighted by molar-refractivity contribution is -0.139. The molecule has 4 aliphatic heterocycles. The maximum absolute atomic E-state index is 13.8. The molecule has 0 aromatic heterocycles. The Morgan fingerprint density at radius 2 is 1.63 bits per heavy atom. The minimum atomic E-state index is -3.22. The molecular formula is C33H45N3O4S. The van der Waals surface area contributed by atoms with Crippen LogP contribution in [0.2, 0.25) is 0 Å². The topological polar surface area (TPSA) is 79.0 Å². The predicted octanol–water partition coefficient (Wildman–Crippen LogP) is 4.09. The summed E-state index contributed by atoms with van der Waals surface area (Å²) in [6.45, 7) is 7.14. The van der Waals surface area contributed by atoms with E-state index in [4.69, 9.17) is 4.74 Å². The van der Waals surface area contributed by atoms with Gasteiger partial charge >= 0.3 is 0 Å². The van der Waals surface area contributed by atoms with Crippen molar-refractivity contribution in [2.45, 2.75) is 61.9 Å². The molecule has 2 aromatic carbocycles. The van der Waals surface area contributed by atoms with Crippen LogP contribution in [0.1, 0.15) is 55.6 Å². The number of hydrogen-bond donors (Lipinski definition) is 1. The summed E-state index contributed by atoms with van der Waals surface area (Å²) in [5.74, 6) is 2.09. The van der Waals surface area contributed by atoms with Crippen molar-refractivity contribution in [3.05, 3.63) is 65.7 Å². The quantitative estimate of drug-likeness (QED) is 0.508. The van der Waals surface area contributed by atoms with Crippen molar-refractivity contribution in [2.24, 2.45) is 17.3 Å². The lowest BCUT2D eigenvalue weighted by Gasteiger charge is -2.45. The Balaban J connectivity index is 1.13. The van der Waals surface area contributed by atoms with E-state index in [0.717, 1.165) is 83.6 Å². The molecule has 41 heavy (non-hydrogen) atoms. The lowest BCUT2D eigenvalue weighted by atomic mass is 9.74. The maximum Gasteiger partial charge on any atom is 0.229 e. The Morgan fingerprint density at radius 3 is 2.32 bits per heavy atom. The smallest absolute Gasteiger partial charge is 0.229 e. The molecule has 0 aliphatic carbocycles. The highest BCUT2D eigenvalue weighted by Gasteiger charge is 2.49. The monoisotopic (exact) mass is 579 g/mol. The number of hydrogen-bond acceptors (Lipinski definition) is 6. The molecule has 0 radical (unpaired) electrons. The Kier molecular flexibility index (Phi) is 8.55. The molecule has 4 heterocycles. The SMILES string of the molecule is CS(=O)(=O)c1ccc(CN2CCC3(CCN(C(CC4CCOCC4)[C@@H]4CNC[C@@H]4c4ccccc4)CC3)C2=O)cc1. The van der Waals surface area contributed by atoms with Crippen molar-refractivity contribution in [2.75, 3.05) is 52.2 Å². The zero-order chi connectivity index (χ0) is 28.5. The number of carbonyl (C=O) groups is 1. The van der Waals surface area contributed by atoms with E-state index in [9.17, 15) is 13.2 Å². The Morgan fingerprint density at radius 1 is 0.951 bits per heavy atom. The molecule has 8 heteroatoms. The number of ether oxygens (including phenoxy) is 1. The van der Waals surface area contributed by atoms with Gasteiger partial charge in [-0.3, -0.25) is 9.69 Å². The van der Waals surface area contributed by atoms with Crippen LogP contribution in [0, 0.1) is 17.3 Å².